The molecule has 0 spiro atoms. The average molecular weight is 495 g/mol. The first kappa shape index (κ1) is 23.9. The van der Waals surface area contributed by atoms with Crippen LogP contribution in [0.4, 0.5) is 11.6 Å². The van der Waals surface area contributed by atoms with Gasteiger partial charge in [-0.2, -0.15) is 0 Å². The minimum absolute atomic E-state index is 0.0440. The smallest absolute Gasteiger partial charge is 0.228 e. The SMILES string of the molecule is CNc1ncc(C#Cc2ccc(CN3CC4CC(CN(C)C4)C3)cc2)c2cc(NC(=O)C3CC3)ncc12. The Balaban J connectivity index is 1.18. The van der Waals surface area contributed by atoms with Crippen molar-refractivity contribution in [3.05, 3.63) is 59.4 Å². The number of rotatable bonds is 5. The lowest BCUT2D eigenvalue weighted by molar-refractivity contribution is -0.117. The number of carbonyl (C=O) groups excluding carboxylic acids is 1. The first-order valence-corrected chi connectivity index (χ1v) is 13.3. The molecule has 2 saturated heterocycles. The lowest BCUT2D eigenvalue weighted by Gasteiger charge is -2.44. The van der Waals surface area contributed by atoms with Crippen LogP contribution in [-0.4, -0.2) is 65.9 Å². The number of likely N-dealkylation sites (tertiary alicyclic amines) is 2. The number of fused-ring (bicyclic) bond motifs is 3. The molecule has 1 saturated carbocycles. The Hall–Kier alpha value is -3.47. The highest BCUT2D eigenvalue weighted by atomic mass is 16.2. The summed E-state index contributed by atoms with van der Waals surface area (Å²) in [5.74, 6) is 9.69. The van der Waals surface area contributed by atoms with Gasteiger partial charge in [-0.05, 0) is 61.9 Å². The Morgan fingerprint density at radius 2 is 1.76 bits per heavy atom. The molecule has 6 rings (SSSR count). The average Bonchev–Trinajstić information content (AvgIpc) is 3.73. The zero-order chi connectivity index (χ0) is 25.4. The van der Waals surface area contributed by atoms with Gasteiger partial charge in [0.1, 0.15) is 11.6 Å². The summed E-state index contributed by atoms with van der Waals surface area (Å²) < 4.78 is 0. The highest BCUT2D eigenvalue weighted by Gasteiger charge is 2.32. The molecule has 2 unspecified atom stereocenters. The zero-order valence-electron chi connectivity index (χ0n) is 21.6. The molecule has 1 amide bonds. The maximum absolute atomic E-state index is 12.2. The summed E-state index contributed by atoms with van der Waals surface area (Å²) in [6.45, 7) is 5.86. The van der Waals surface area contributed by atoms with Gasteiger partial charge in [-0.25, -0.2) is 9.97 Å². The number of pyridine rings is 2. The van der Waals surface area contributed by atoms with Gasteiger partial charge >= 0.3 is 0 Å². The lowest BCUT2D eigenvalue weighted by Crippen LogP contribution is -2.51. The molecule has 1 aliphatic carbocycles. The van der Waals surface area contributed by atoms with E-state index < -0.39 is 0 Å². The first-order chi connectivity index (χ1) is 18.0. The molecule has 2 aromatic heterocycles. The van der Waals surface area contributed by atoms with Crippen molar-refractivity contribution in [1.29, 1.82) is 0 Å². The second-order valence-electron chi connectivity index (χ2n) is 11.0. The number of carbonyl (C=O) groups is 1. The van der Waals surface area contributed by atoms with Crippen molar-refractivity contribution in [2.45, 2.75) is 25.8 Å². The van der Waals surface area contributed by atoms with Gasteiger partial charge in [0, 0.05) is 74.4 Å². The number of anilines is 2. The molecule has 1 aromatic carbocycles. The third kappa shape index (κ3) is 5.46. The molecule has 4 heterocycles. The van der Waals surface area contributed by atoms with Crippen molar-refractivity contribution in [3.63, 3.8) is 0 Å². The van der Waals surface area contributed by atoms with Crippen molar-refractivity contribution in [1.82, 2.24) is 19.8 Å². The summed E-state index contributed by atoms with van der Waals surface area (Å²) in [7, 11) is 4.09. The van der Waals surface area contributed by atoms with Gasteiger partial charge in [-0.1, -0.05) is 24.0 Å². The van der Waals surface area contributed by atoms with Crippen LogP contribution in [0.1, 0.15) is 36.0 Å². The molecule has 7 heteroatoms. The number of hydrogen-bond acceptors (Lipinski definition) is 6. The van der Waals surface area contributed by atoms with Crippen LogP contribution in [0.15, 0.2) is 42.7 Å². The zero-order valence-corrected chi connectivity index (χ0v) is 21.6. The van der Waals surface area contributed by atoms with E-state index in [1.54, 1.807) is 12.4 Å². The fourth-order valence-electron chi connectivity index (χ4n) is 5.94. The monoisotopic (exact) mass is 494 g/mol. The molecule has 2 N–H and O–H groups in total. The van der Waals surface area contributed by atoms with Gasteiger partial charge in [-0.15, -0.1) is 0 Å². The largest absolute Gasteiger partial charge is 0.373 e. The van der Waals surface area contributed by atoms with Gasteiger partial charge in [0.05, 0.1) is 5.56 Å². The van der Waals surface area contributed by atoms with Crippen LogP contribution in [0.5, 0.6) is 0 Å². The van der Waals surface area contributed by atoms with Crippen LogP contribution in [0.25, 0.3) is 10.8 Å². The number of hydrogen-bond donors (Lipinski definition) is 2. The molecule has 7 nitrogen and oxygen atoms in total. The Morgan fingerprint density at radius 3 is 2.46 bits per heavy atom. The van der Waals surface area contributed by atoms with E-state index >= 15 is 0 Å². The van der Waals surface area contributed by atoms with Gasteiger partial charge in [-0.3, -0.25) is 9.69 Å². The second kappa shape index (κ2) is 10.1. The molecule has 3 aliphatic rings. The fraction of sp³-hybridized carbons (Fsp3) is 0.433. The third-order valence-corrected chi connectivity index (χ3v) is 7.75. The molecule has 37 heavy (non-hydrogen) atoms. The summed E-state index contributed by atoms with van der Waals surface area (Å²) in [6, 6.07) is 10.5. The number of aromatic nitrogens is 2. The predicted molar refractivity (Wildman–Crippen MR) is 147 cm³/mol. The van der Waals surface area contributed by atoms with Crippen LogP contribution >= 0.6 is 0 Å². The number of benzene rings is 1. The van der Waals surface area contributed by atoms with Crippen molar-refractivity contribution in [2.75, 3.05) is 50.9 Å². The topological polar surface area (TPSA) is 73.4 Å². The molecule has 190 valence electrons. The first-order valence-electron chi connectivity index (χ1n) is 13.3. The van der Waals surface area contributed by atoms with Gasteiger partial charge in [0.2, 0.25) is 5.91 Å². The summed E-state index contributed by atoms with van der Waals surface area (Å²) >= 11 is 0. The van der Waals surface area contributed by atoms with Crippen LogP contribution < -0.4 is 10.6 Å². The number of piperidine rings is 2. The fourth-order valence-corrected chi connectivity index (χ4v) is 5.94. The lowest BCUT2D eigenvalue weighted by atomic mass is 9.85. The highest BCUT2D eigenvalue weighted by molar-refractivity contribution is 5.99. The van der Waals surface area contributed by atoms with Crippen LogP contribution in [0.2, 0.25) is 0 Å². The summed E-state index contributed by atoms with van der Waals surface area (Å²) in [5.41, 5.74) is 3.13. The van der Waals surface area contributed by atoms with Crippen molar-refractivity contribution in [3.8, 4) is 11.8 Å². The Kier molecular flexibility index (Phi) is 6.54. The molecular weight excluding hydrogens is 460 g/mol. The van der Waals surface area contributed by atoms with Crippen molar-refractivity contribution >= 4 is 28.3 Å². The molecule has 2 aliphatic heterocycles. The minimum Gasteiger partial charge on any atom is -0.373 e. The van der Waals surface area contributed by atoms with Gasteiger partial charge in [0.15, 0.2) is 0 Å². The van der Waals surface area contributed by atoms with E-state index in [1.165, 1.54) is 38.2 Å². The quantitative estimate of drug-likeness (QED) is 0.526. The summed E-state index contributed by atoms with van der Waals surface area (Å²) in [4.78, 5) is 26.3. The van der Waals surface area contributed by atoms with E-state index in [0.717, 1.165) is 58.9 Å². The normalized spacial score (nSPS) is 21.8. The number of amides is 1. The Labute approximate surface area is 218 Å². The number of nitrogens with zero attached hydrogens (tertiary/aromatic N) is 4. The van der Waals surface area contributed by atoms with Crippen LogP contribution in [0.3, 0.4) is 0 Å². The van der Waals surface area contributed by atoms with Gasteiger partial charge in [0.25, 0.3) is 0 Å². The molecule has 3 aromatic rings. The van der Waals surface area contributed by atoms with Gasteiger partial charge < -0.3 is 15.5 Å². The molecule has 0 radical (unpaired) electrons. The summed E-state index contributed by atoms with van der Waals surface area (Å²) in [6.07, 6.45) is 6.84. The molecular formula is C30H34N6O. The second-order valence-corrected chi connectivity index (χ2v) is 11.0. The van der Waals surface area contributed by atoms with E-state index in [-0.39, 0.29) is 11.8 Å². The van der Waals surface area contributed by atoms with Crippen molar-refractivity contribution in [2.24, 2.45) is 17.8 Å². The highest BCUT2D eigenvalue weighted by Crippen LogP contribution is 2.31. The standard InChI is InChI=1S/C30H34N6O/c1-31-29-27-14-32-28(34-30(37)24-9-10-24)12-26(27)25(13-33-29)8-7-20-3-5-21(6-4-20)17-36-18-22-11-23(19-36)16-35(2)15-22/h3-6,12-14,22-24H,9-11,15-19H2,1-2H3,(H,31,33)(H,32,34,37). The third-order valence-electron chi connectivity index (χ3n) is 7.75. The molecule has 3 fully saturated rings. The minimum atomic E-state index is 0.0440. The predicted octanol–water partition coefficient (Wildman–Crippen LogP) is 3.80. The van der Waals surface area contributed by atoms with E-state index in [4.69, 9.17) is 0 Å². The van der Waals surface area contributed by atoms with Crippen LogP contribution in [0, 0.1) is 29.6 Å². The molecule has 2 bridgehead atoms. The van der Waals surface area contributed by atoms with Crippen LogP contribution in [-0.2, 0) is 11.3 Å². The maximum Gasteiger partial charge on any atom is 0.228 e. The molecule has 2 atom stereocenters. The van der Waals surface area contributed by atoms with Crippen molar-refractivity contribution < 1.29 is 4.79 Å². The Bertz CT molecular complexity index is 1350. The number of nitrogens with one attached hydrogen (secondary N) is 2. The maximum atomic E-state index is 12.2. The van der Waals surface area contributed by atoms with E-state index in [9.17, 15) is 4.79 Å². The summed E-state index contributed by atoms with van der Waals surface area (Å²) in [5, 5.41) is 7.87. The van der Waals surface area contributed by atoms with E-state index in [1.807, 2.05) is 13.1 Å². The Morgan fingerprint density at radius 1 is 1.00 bits per heavy atom. The van der Waals surface area contributed by atoms with E-state index in [2.05, 4.69) is 73.6 Å². The van der Waals surface area contributed by atoms with E-state index in [0.29, 0.717) is 5.82 Å².